The topological polar surface area (TPSA) is 57.2 Å². The Labute approximate surface area is 232 Å². The molecule has 2 unspecified atom stereocenters. The van der Waals surface area contributed by atoms with Crippen LogP contribution in [0.1, 0.15) is 56.2 Å². The van der Waals surface area contributed by atoms with Crippen molar-refractivity contribution >= 4 is 18.2 Å². The molecule has 3 aromatic carbocycles. The number of phenols is 1. The highest BCUT2D eigenvalue weighted by Gasteiger charge is 2.14. The summed E-state index contributed by atoms with van der Waals surface area (Å²) in [4.78, 5) is 0. The zero-order valence-corrected chi connectivity index (χ0v) is 22.8. The molecule has 1 aliphatic heterocycles. The van der Waals surface area contributed by atoms with E-state index in [1.54, 1.807) is 12.1 Å². The van der Waals surface area contributed by atoms with Crippen molar-refractivity contribution in [3.05, 3.63) is 107 Å². The van der Waals surface area contributed by atoms with Gasteiger partial charge in [-0.25, -0.2) is 0 Å². The first-order valence-corrected chi connectivity index (χ1v) is 13.7. The molecule has 0 radical (unpaired) electrons. The molecule has 0 saturated carbocycles. The zero-order valence-electron chi connectivity index (χ0n) is 22.8. The zero-order chi connectivity index (χ0) is 27.3. The van der Waals surface area contributed by atoms with Crippen molar-refractivity contribution in [2.75, 3.05) is 13.2 Å². The molecular formula is C34H38O5. The van der Waals surface area contributed by atoms with Gasteiger partial charge >= 0.3 is 0 Å². The van der Waals surface area contributed by atoms with Crippen molar-refractivity contribution < 1.29 is 24.1 Å². The fraction of sp³-hybridized carbons (Fsp3) is 0.294. The van der Waals surface area contributed by atoms with Crippen LogP contribution in [0.15, 0.2) is 90.5 Å². The molecule has 1 N–H and O–H groups in total. The van der Waals surface area contributed by atoms with Gasteiger partial charge in [-0.05, 0) is 84.5 Å². The minimum absolute atomic E-state index is 0.150. The maximum Gasteiger partial charge on any atom is 0.199 e. The van der Waals surface area contributed by atoms with Crippen molar-refractivity contribution in [1.82, 2.24) is 0 Å². The maximum atomic E-state index is 9.59. The molecule has 1 saturated heterocycles. The first kappa shape index (κ1) is 28.2. The third-order valence-electron chi connectivity index (χ3n) is 6.28. The largest absolute Gasteiger partial charge is 0.508 e. The lowest BCUT2D eigenvalue weighted by Gasteiger charge is -2.23. The summed E-state index contributed by atoms with van der Waals surface area (Å²) >= 11 is 0. The van der Waals surface area contributed by atoms with Gasteiger partial charge in [0.25, 0.3) is 0 Å². The van der Waals surface area contributed by atoms with E-state index in [4.69, 9.17) is 18.9 Å². The fourth-order valence-corrected chi connectivity index (χ4v) is 4.14. The number of phenolic OH excluding ortho intramolecular Hbond substituents is 1. The first-order valence-electron chi connectivity index (χ1n) is 13.7. The van der Waals surface area contributed by atoms with E-state index >= 15 is 0 Å². The van der Waals surface area contributed by atoms with Gasteiger partial charge in [0, 0.05) is 19.4 Å². The third kappa shape index (κ3) is 9.47. The van der Waals surface area contributed by atoms with Crippen LogP contribution in [-0.2, 0) is 9.47 Å². The van der Waals surface area contributed by atoms with Gasteiger partial charge in [-0.15, -0.1) is 0 Å². The van der Waals surface area contributed by atoms with Crippen LogP contribution in [0.5, 0.6) is 17.2 Å². The predicted molar refractivity (Wildman–Crippen MR) is 158 cm³/mol. The van der Waals surface area contributed by atoms with Crippen molar-refractivity contribution in [2.45, 2.75) is 52.1 Å². The number of benzene rings is 3. The summed E-state index contributed by atoms with van der Waals surface area (Å²) in [5.74, 6) is 1.85. The van der Waals surface area contributed by atoms with Crippen LogP contribution in [0.4, 0.5) is 0 Å². The van der Waals surface area contributed by atoms with Crippen LogP contribution in [0.2, 0.25) is 0 Å². The lowest BCUT2D eigenvalue weighted by atomic mass is 10.1. The SMILES string of the molecule is CCOC(CC)Oc1ccc(C=C(C=Cc2ccc(O)cc2)C=Cc2ccc(OC3CCCCO3)cc2)cc1. The van der Waals surface area contributed by atoms with Gasteiger partial charge in [-0.1, -0.05) is 67.6 Å². The van der Waals surface area contributed by atoms with Gasteiger partial charge in [-0.3, -0.25) is 0 Å². The molecule has 204 valence electrons. The van der Waals surface area contributed by atoms with Crippen LogP contribution in [0, 0.1) is 0 Å². The minimum atomic E-state index is -0.241. The van der Waals surface area contributed by atoms with E-state index in [-0.39, 0.29) is 18.3 Å². The number of rotatable bonds is 12. The lowest BCUT2D eigenvalue weighted by molar-refractivity contribution is -0.105. The Bertz CT molecular complexity index is 1220. The van der Waals surface area contributed by atoms with Gasteiger partial charge in [0.05, 0.1) is 6.61 Å². The molecule has 2 atom stereocenters. The molecule has 3 aromatic rings. The second-order valence-corrected chi connectivity index (χ2v) is 9.37. The van der Waals surface area contributed by atoms with E-state index in [2.05, 4.69) is 24.3 Å². The molecule has 0 aromatic heterocycles. The number of ether oxygens (including phenoxy) is 4. The number of hydrogen-bond acceptors (Lipinski definition) is 5. The molecule has 5 nitrogen and oxygen atoms in total. The van der Waals surface area contributed by atoms with Crippen LogP contribution in [0.25, 0.3) is 18.2 Å². The quantitative estimate of drug-likeness (QED) is 0.190. The molecule has 1 heterocycles. The summed E-state index contributed by atoms with van der Waals surface area (Å²) in [6.07, 6.45) is 14.0. The molecule has 0 bridgehead atoms. The summed E-state index contributed by atoms with van der Waals surface area (Å²) in [7, 11) is 0. The number of hydrogen-bond donors (Lipinski definition) is 1. The van der Waals surface area contributed by atoms with E-state index in [9.17, 15) is 5.11 Å². The second-order valence-electron chi connectivity index (χ2n) is 9.37. The Kier molecular flexibility index (Phi) is 10.8. The molecule has 0 aliphatic carbocycles. The third-order valence-corrected chi connectivity index (χ3v) is 6.28. The van der Waals surface area contributed by atoms with Crippen molar-refractivity contribution in [1.29, 1.82) is 0 Å². The Morgan fingerprint density at radius 2 is 1.46 bits per heavy atom. The molecule has 4 rings (SSSR count). The molecule has 39 heavy (non-hydrogen) atoms. The smallest absolute Gasteiger partial charge is 0.199 e. The van der Waals surface area contributed by atoms with Crippen LogP contribution in [0.3, 0.4) is 0 Å². The van der Waals surface area contributed by atoms with Gasteiger partial charge in [0.1, 0.15) is 17.2 Å². The maximum absolute atomic E-state index is 9.59. The van der Waals surface area contributed by atoms with Crippen LogP contribution >= 0.6 is 0 Å². The van der Waals surface area contributed by atoms with E-state index in [1.807, 2.05) is 80.6 Å². The Balaban J connectivity index is 1.49. The summed E-state index contributed by atoms with van der Waals surface area (Å²) < 4.78 is 23.2. The first-order chi connectivity index (χ1) is 19.1. The van der Waals surface area contributed by atoms with Crippen molar-refractivity contribution in [3.63, 3.8) is 0 Å². The van der Waals surface area contributed by atoms with E-state index < -0.39 is 0 Å². The fourth-order valence-electron chi connectivity index (χ4n) is 4.14. The predicted octanol–water partition coefficient (Wildman–Crippen LogP) is 8.26. The van der Waals surface area contributed by atoms with Gasteiger partial charge in [-0.2, -0.15) is 0 Å². The van der Waals surface area contributed by atoms with Gasteiger partial charge < -0.3 is 24.1 Å². The molecule has 0 amide bonds. The highest BCUT2D eigenvalue weighted by atomic mass is 16.7. The van der Waals surface area contributed by atoms with E-state index in [1.165, 1.54) is 0 Å². The monoisotopic (exact) mass is 526 g/mol. The van der Waals surface area contributed by atoms with Crippen molar-refractivity contribution in [2.24, 2.45) is 0 Å². The average Bonchev–Trinajstić information content (AvgIpc) is 2.97. The van der Waals surface area contributed by atoms with E-state index in [0.29, 0.717) is 6.61 Å². The van der Waals surface area contributed by atoms with Gasteiger partial charge in [0.15, 0.2) is 12.6 Å². The standard InChI is InChI=1S/C34H38O5/c1-3-33(36-4-2)38-31-22-16-29(17-23-31)25-28(10-8-26-12-18-30(35)19-13-26)11-9-27-14-20-32(21-15-27)39-34-7-5-6-24-37-34/h8-23,25,33-35H,3-7,24H2,1-2H3. The van der Waals surface area contributed by atoms with E-state index in [0.717, 1.165) is 66.1 Å². The Morgan fingerprint density at radius 3 is 2.05 bits per heavy atom. The Hall–Kier alpha value is -3.80. The summed E-state index contributed by atoms with van der Waals surface area (Å²) in [6, 6.07) is 23.2. The van der Waals surface area contributed by atoms with Crippen LogP contribution < -0.4 is 9.47 Å². The molecule has 5 heteroatoms. The molecule has 1 fully saturated rings. The summed E-state index contributed by atoms with van der Waals surface area (Å²) in [6.45, 7) is 5.39. The molecule has 1 aliphatic rings. The highest BCUT2D eigenvalue weighted by molar-refractivity contribution is 5.68. The second kappa shape index (κ2) is 15.0. The average molecular weight is 527 g/mol. The molecular weight excluding hydrogens is 488 g/mol. The summed E-state index contributed by atoms with van der Waals surface area (Å²) in [5.41, 5.74) is 4.15. The molecule has 0 spiro atoms. The lowest BCUT2D eigenvalue weighted by Crippen LogP contribution is -2.24. The highest BCUT2D eigenvalue weighted by Crippen LogP contribution is 2.22. The van der Waals surface area contributed by atoms with Gasteiger partial charge in [0.2, 0.25) is 0 Å². The van der Waals surface area contributed by atoms with Crippen LogP contribution in [-0.4, -0.2) is 30.9 Å². The number of aromatic hydroxyl groups is 1. The number of allylic oxidation sites excluding steroid dienone is 3. The normalized spacial score (nSPS) is 17.0. The Morgan fingerprint density at radius 1 is 0.846 bits per heavy atom. The summed E-state index contributed by atoms with van der Waals surface area (Å²) in [5, 5.41) is 9.59. The minimum Gasteiger partial charge on any atom is -0.508 e. The van der Waals surface area contributed by atoms with Crippen molar-refractivity contribution in [3.8, 4) is 17.2 Å².